The number of rotatable bonds is 2. The Labute approximate surface area is 95.5 Å². The minimum absolute atomic E-state index is 0.158. The molecule has 4 nitrogen and oxygen atoms in total. The number of hydrogen-bond donors (Lipinski definition) is 1. The third-order valence-electron chi connectivity index (χ3n) is 3.24. The Balaban J connectivity index is 1.99. The topological polar surface area (TPSA) is 75.8 Å². The van der Waals surface area contributed by atoms with Crippen molar-refractivity contribution < 1.29 is 4.42 Å². The molecule has 1 aliphatic carbocycles. The van der Waals surface area contributed by atoms with E-state index >= 15 is 0 Å². The quantitative estimate of drug-likeness (QED) is 0.776. The monoisotopic (exact) mass is 219 g/mol. The smallest absolute Gasteiger partial charge is 0.229 e. The molecule has 2 rings (SSSR count). The first-order valence-corrected chi connectivity index (χ1v) is 5.95. The SMILES string of the molecule is N#Cc1nc(CC2CCCCCC2)oc1N. The van der Waals surface area contributed by atoms with Crippen molar-refractivity contribution in [1.29, 1.82) is 5.26 Å². The second-order valence-corrected chi connectivity index (χ2v) is 4.49. The molecule has 0 unspecified atom stereocenters. The first-order chi connectivity index (χ1) is 7.79. The van der Waals surface area contributed by atoms with Crippen LogP contribution in [0.25, 0.3) is 0 Å². The average Bonchev–Trinajstić information content (AvgIpc) is 2.50. The van der Waals surface area contributed by atoms with Crippen molar-refractivity contribution in [2.75, 3.05) is 5.73 Å². The molecule has 0 bridgehead atoms. The Kier molecular flexibility index (Phi) is 3.45. The molecule has 0 aromatic carbocycles. The van der Waals surface area contributed by atoms with Gasteiger partial charge in [0.2, 0.25) is 11.6 Å². The summed E-state index contributed by atoms with van der Waals surface area (Å²) < 4.78 is 5.29. The van der Waals surface area contributed by atoms with Crippen LogP contribution >= 0.6 is 0 Å². The highest BCUT2D eigenvalue weighted by molar-refractivity contribution is 5.40. The third kappa shape index (κ3) is 2.54. The third-order valence-corrected chi connectivity index (χ3v) is 3.24. The molecule has 0 atom stereocenters. The van der Waals surface area contributed by atoms with E-state index in [2.05, 4.69) is 4.98 Å². The average molecular weight is 219 g/mol. The minimum atomic E-state index is 0.158. The van der Waals surface area contributed by atoms with E-state index in [4.69, 9.17) is 15.4 Å². The number of aromatic nitrogens is 1. The summed E-state index contributed by atoms with van der Waals surface area (Å²) in [6, 6.07) is 1.94. The van der Waals surface area contributed by atoms with Crippen molar-refractivity contribution >= 4 is 5.88 Å². The van der Waals surface area contributed by atoms with Gasteiger partial charge in [0, 0.05) is 6.42 Å². The van der Waals surface area contributed by atoms with Crippen molar-refractivity contribution in [3.63, 3.8) is 0 Å². The van der Waals surface area contributed by atoms with E-state index in [1.165, 1.54) is 38.5 Å². The Morgan fingerprint density at radius 3 is 2.56 bits per heavy atom. The maximum atomic E-state index is 8.73. The van der Waals surface area contributed by atoms with Gasteiger partial charge in [0.25, 0.3) is 0 Å². The molecule has 1 heterocycles. The van der Waals surface area contributed by atoms with Crippen molar-refractivity contribution in [3.8, 4) is 6.07 Å². The summed E-state index contributed by atoms with van der Waals surface area (Å²) in [6.07, 6.45) is 8.58. The molecule has 1 fully saturated rings. The molecule has 1 aromatic rings. The summed E-state index contributed by atoms with van der Waals surface area (Å²) in [5, 5.41) is 8.73. The van der Waals surface area contributed by atoms with E-state index in [-0.39, 0.29) is 11.6 Å². The van der Waals surface area contributed by atoms with Crippen LogP contribution in [-0.2, 0) is 6.42 Å². The lowest BCUT2D eigenvalue weighted by molar-refractivity contribution is 0.398. The van der Waals surface area contributed by atoms with Crippen molar-refractivity contribution in [2.24, 2.45) is 5.92 Å². The van der Waals surface area contributed by atoms with E-state index in [9.17, 15) is 0 Å². The molecule has 0 spiro atoms. The van der Waals surface area contributed by atoms with Gasteiger partial charge in [0.05, 0.1) is 0 Å². The highest BCUT2D eigenvalue weighted by Gasteiger charge is 2.17. The van der Waals surface area contributed by atoms with Gasteiger partial charge in [-0.3, -0.25) is 0 Å². The largest absolute Gasteiger partial charge is 0.424 e. The Morgan fingerprint density at radius 1 is 1.31 bits per heavy atom. The molecule has 1 aromatic heterocycles. The predicted molar refractivity (Wildman–Crippen MR) is 60.5 cm³/mol. The van der Waals surface area contributed by atoms with Crippen molar-refractivity contribution in [3.05, 3.63) is 11.6 Å². The van der Waals surface area contributed by atoms with Crippen LogP contribution in [0.5, 0.6) is 0 Å². The summed E-state index contributed by atoms with van der Waals surface area (Å²) >= 11 is 0. The van der Waals surface area contributed by atoms with E-state index in [0.29, 0.717) is 11.8 Å². The molecule has 0 radical (unpaired) electrons. The lowest BCUT2D eigenvalue weighted by atomic mass is 9.97. The second kappa shape index (κ2) is 5.02. The molecule has 86 valence electrons. The molecule has 0 amide bonds. The molecular formula is C12H17N3O. The lowest BCUT2D eigenvalue weighted by Crippen LogP contribution is -2.03. The summed E-state index contributed by atoms with van der Waals surface area (Å²) in [5.74, 6) is 1.43. The molecule has 2 N–H and O–H groups in total. The number of nitrogen functional groups attached to an aromatic ring is 1. The van der Waals surface area contributed by atoms with Gasteiger partial charge in [0.1, 0.15) is 6.07 Å². The highest BCUT2D eigenvalue weighted by Crippen LogP contribution is 2.26. The molecule has 1 aliphatic rings. The minimum Gasteiger partial charge on any atom is -0.424 e. The second-order valence-electron chi connectivity index (χ2n) is 4.49. The number of nitrogens with two attached hydrogens (primary N) is 1. The summed E-state index contributed by atoms with van der Waals surface area (Å²) in [6.45, 7) is 0. The first kappa shape index (κ1) is 11.0. The molecular weight excluding hydrogens is 202 g/mol. The predicted octanol–water partition coefficient (Wildman–Crippen LogP) is 2.64. The zero-order chi connectivity index (χ0) is 11.4. The van der Waals surface area contributed by atoms with Crippen molar-refractivity contribution in [1.82, 2.24) is 4.98 Å². The van der Waals surface area contributed by atoms with Crippen LogP contribution in [0.4, 0.5) is 5.88 Å². The van der Waals surface area contributed by atoms with Crippen LogP contribution < -0.4 is 5.73 Å². The van der Waals surface area contributed by atoms with Gasteiger partial charge in [0.15, 0.2) is 5.89 Å². The maximum absolute atomic E-state index is 8.73. The van der Waals surface area contributed by atoms with Gasteiger partial charge in [-0.15, -0.1) is 0 Å². The van der Waals surface area contributed by atoms with Gasteiger partial charge < -0.3 is 10.2 Å². The Bertz CT molecular complexity index is 383. The molecule has 0 saturated heterocycles. The number of anilines is 1. The number of hydrogen-bond acceptors (Lipinski definition) is 4. The van der Waals surface area contributed by atoms with Gasteiger partial charge in [-0.1, -0.05) is 25.7 Å². The van der Waals surface area contributed by atoms with Crippen LogP contribution in [0.3, 0.4) is 0 Å². The van der Waals surface area contributed by atoms with Crippen molar-refractivity contribution in [2.45, 2.75) is 44.9 Å². The Hall–Kier alpha value is -1.50. The van der Waals surface area contributed by atoms with E-state index in [1.54, 1.807) is 0 Å². The molecule has 0 aliphatic heterocycles. The fourth-order valence-electron chi connectivity index (χ4n) is 2.36. The highest BCUT2D eigenvalue weighted by atomic mass is 16.4. The van der Waals surface area contributed by atoms with Crippen LogP contribution in [0, 0.1) is 17.2 Å². The van der Waals surface area contributed by atoms with Gasteiger partial charge in [-0.2, -0.15) is 5.26 Å². The Morgan fingerprint density at radius 2 is 2.00 bits per heavy atom. The molecule has 16 heavy (non-hydrogen) atoms. The summed E-state index contributed by atoms with van der Waals surface area (Å²) in [7, 11) is 0. The maximum Gasteiger partial charge on any atom is 0.229 e. The normalized spacial score (nSPS) is 17.9. The molecule has 4 heteroatoms. The van der Waals surface area contributed by atoms with Crippen LogP contribution in [0.1, 0.15) is 50.1 Å². The zero-order valence-electron chi connectivity index (χ0n) is 9.41. The number of nitriles is 1. The first-order valence-electron chi connectivity index (χ1n) is 5.95. The van der Waals surface area contributed by atoms with Crippen LogP contribution in [0.2, 0.25) is 0 Å². The van der Waals surface area contributed by atoms with Gasteiger partial charge >= 0.3 is 0 Å². The van der Waals surface area contributed by atoms with E-state index < -0.39 is 0 Å². The number of nitrogens with zero attached hydrogens (tertiary/aromatic N) is 2. The molecule has 1 saturated carbocycles. The van der Waals surface area contributed by atoms with E-state index in [1.807, 2.05) is 6.07 Å². The number of oxazole rings is 1. The summed E-state index contributed by atoms with van der Waals surface area (Å²) in [4.78, 5) is 4.10. The fourth-order valence-corrected chi connectivity index (χ4v) is 2.36. The van der Waals surface area contributed by atoms with Gasteiger partial charge in [-0.25, -0.2) is 4.98 Å². The zero-order valence-corrected chi connectivity index (χ0v) is 9.41. The summed E-state index contributed by atoms with van der Waals surface area (Å²) in [5.41, 5.74) is 5.76. The standard InChI is InChI=1S/C12H17N3O/c13-8-10-12(14)16-11(15-10)7-9-5-3-1-2-4-6-9/h9H,1-7,14H2. The lowest BCUT2D eigenvalue weighted by Gasteiger charge is -2.10. The van der Waals surface area contributed by atoms with Crippen LogP contribution in [0.15, 0.2) is 4.42 Å². The fraction of sp³-hybridized carbons (Fsp3) is 0.667. The van der Waals surface area contributed by atoms with Crippen LogP contribution in [-0.4, -0.2) is 4.98 Å². The van der Waals surface area contributed by atoms with E-state index in [0.717, 1.165) is 6.42 Å². The van der Waals surface area contributed by atoms with Gasteiger partial charge in [-0.05, 0) is 18.8 Å².